The van der Waals surface area contributed by atoms with Crippen molar-refractivity contribution in [2.45, 2.75) is 31.7 Å². The number of thiazole rings is 1. The molecule has 0 aromatic carbocycles. The number of nitrogens with zero attached hydrogens (tertiary/aromatic N) is 2. The molecule has 1 saturated heterocycles. The van der Waals surface area contributed by atoms with Crippen LogP contribution in [0.25, 0.3) is 0 Å². The highest BCUT2D eigenvalue weighted by molar-refractivity contribution is 7.11. The van der Waals surface area contributed by atoms with Crippen LogP contribution in [0.2, 0.25) is 0 Å². The third kappa shape index (κ3) is 3.73. The minimum Gasteiger partial charge on any atom is -0.373 e. The highest BCUT2D eigenvalue weighted by Gasteiger charge is 2.39. The monoisotopic (exact) mass is 331 g/mol. The molecule has 1 atom stereocenters. The van der Waals surface area contributed by atoms with Crippen molar-refractivity contribution in [2.24, 2.45) is 5.92 Å². The van der Waals surface area contributed by atoms with Crippen molar-refractivity contribution >= 4 is 17.4 Å². The number of rotatable bonds is 3. The van der Waals surface area contributed by atoms with E-state index in [2.05, 4.69) is 10.3 Å². The number of ether oxygens (including phenoxy) is 1. The molecule has 0 radical (unpaired) electrons. The van der Waals surface area contributed by atoms with E-state index in [4.69, 9.17) is 4.74 Å². The number of urea groups is 1. The summed E-state index contributed by atoms with van der Waals surface area (Å²) in [5.41, 5.74) is 0. The molecule has 122 valence electrons. The van der Waals surface area contributed by atoms with E-state index >= 15 is 0 Å². The molecule has 1 aromatic rings. The molecule has 1 aliphatic heterocycles. The number of amides is 2. The first-order chi connectivity index (χ1) is 10.4. The maximum atomic E-state index is 13.6. The minimum atomic E-state index is -3.00. The molecule has 2 aliphatic rings. The molecule has 0 spiro atoms. The molecular weight excluding hydrogens is 312 g/mol. The predicted molar refractivity (Wildman–Crippen MR) is 78.2 cm³/mol. The third-order valence-electron chi connectivity index (χ3n) is 3.81. The molecule has 2 heterocycles. The van der Waals surface area contributed by atoms with E-state index in [0.29, 0.717) is 5.92 Å². The molecule has 2 amide bonds. The zero-order valence-electron chi connectivity index (χ0n) is 12.3. The van der Waals surface area contributed by atoms with Crippen LogP contribution in [0.15, 0.2) is 6.20 Å². The first kappa shape index (κ1) is 15.6. The van der Waals surface area contributed by atoms with Gasteiger partial charge in [-0.2, -0.15) is 0 Å². The van der Waals surface area contributed by atoms with Crippen molar-refractivity contribution < 1.29 is 18.3 Å². The Balaban J connectivity index is 1.68. The molecule has 8 heteroatoms. The van der Waals surface area contributed by atoms with Crippen LogP contribution >= 0.6 is 11.3 Å². The number of carbonyl (C=O) groups is 1. The van der Waals surface area contributed by atoms with Gasteiger partial charge in [0.25, 0.3) is 5.92 Å². The molecule has 0 unspecified atom stereocenters. The zero-order chi connectivity index (χ0) is 15.7. The Morgan fingerprint density at radius 3 is 3.00 bits per heavy atom. The van der Waals surface area contributed by atoms with E-state index < -0.39 is 25.1 Å². The number of nitrogens with one attached hydrogen (secondary N) is 1. The van der Waals surface area contributed by atoms with E-state index in [0.717, 1.165) is 27.6 Å². The van der Waals surface area contributed by atoms with E-state index in [-0.39, 0.29) is 19.2 Å². The fraction of sp³-hybridized carbons (Fsp3) is 0.714. The Morgan fingerprint density at radius 1 is 1.59 bits per heavy atom. The Kier molecular flexibility index (Phi) is 4.31. The summed E-state index contributed by atoms with van der Waals surface area (Å²) in [6.07, 6.45) is 3.83. The summed E-state index contributed by atoms with van der Waals surface area (Å²) in [6, 6.07) is -0.640. The largest absolute Gasteiger partial charge is 0.373 e. The quantitative estimate of drug-likeness (QED) is 0.926. The fourth-order valence-electron chi connectivity index (χ4n) is 2.52. The lowest BCUT2D eigenvalue weighted by atomic mass is 10.2. The Morgan fingerprint density at radius 2 is 2.36 bits per heavy atom. The Hall–Kier alpha value is -1.28. The van der Waals surface area contributed by atoms with E-state index in [9.17, 15) is 13.6 Å². The second kappa shape index (κ2) is 6.08. The molecule has 0 bridgehead atoms. The number of aryl methyl sites for hydroxylation is 1. The lowest BCUT2D eigenvalue weighted by molar-refractivity contribution is -0.0652. The van der Waals surface area contributed by atoms with E-state index in [1.807, 2.05) is 6.92 Å². The molecule has 1 aliphatic carbocycles. The van der Waals surface area contributed by atoms with Crippen molar-refractivity contribution in [3.63, 3.8) is 0 Å². The van der Waals surface area contributed by atoms with Crippen LogP contribution in [0.5, 0.6) is 0 Å². The van der Waals surface area contributed by atoms with Crippen LogP contribution in [0, 0.1) is 12.8 Å². The van der Waals surface area contributed by atoms with Gasteiger partial charge >= 0.3 is 6.03 Å². The molecule has 1 saturated carbocycles. The highest BCUT2D eigenvalue weighted by Crippen LogP contribution is 2.42. The van der Waals surface area contributed by atoms with E-state index in [1.54, 1.807) is 6.20 Å². The van der Waals surface area contributed by atoms with Gasteiger partial charge in [0.05, 0.1) is 19.2 Å². The van der Waals surface area contributed by atoms with Gasteiger partial charge in [0.2, 0.25) is 0 Å². The molecule has 5 nitrogen and oxygen atoms in total. The second-order valence-corrected chi connectivity index (χ2v) is 7.17. The normalized spacial score (nSPS) is 23.0. The Labute approximate surface area is 131 Å². The maximum Gasteiger partial charge on any atom is 0.318 e. The van der Waals surface area contributed by atoms with Crippen LogP contribution < -0.4 is 5.32 Å². The van der Waals surface area contributed by atoms with Crippen LogP contribution in [0.3, 0.4) is 0 Å². The average molecular weight is 331 g/mol. The number of hydrogen-bond acceptors (Lipinski definition) is 4. The summed E-state index contributed by atoms with van der Waals surface area (Å²) in [5.74, 6) is -2.64. The van der Waals surface area contributed by atoms with Crippen LogP contribution in [-0.4, -0.2) is 48.1 Å². The van der Waals surface area contributed by atoms with Gasteiger partial charge in [0, 0.05) is 17.6 Å². The first-order valence-corrected chi connectivity index (χ1v) is 8.20. The topological polar surface area (TPSA) is 54.5 Å². The summed E-state index contributed by atoms with van der Waals surface area (Å²) in [5, 5.41) is 3.74. The molecule has 3 rings (SSSR count). The van der Waals surface area contributed by atoms with Gasteiger partial charge in [-0.15, -0.1) is 11.3 Å². The van der Waals surface area contributed by atoms with Crippen LogP contribution in [-0.2, 0) is 4.74 Å². The van der Waals surface area contributed by atoms with Gasteiger partial charge in [-0.3, -0.25) is 0 Å². The maximum absolute atomic E-state index is 13.6. The lowest BCUT2D eigenvalue weighted by Gasteiger charge is -2.26. The van der Waals surface area contributed by atoms with E-state index in [1.165, 1.54) is 11.3 Å². The zero-order valence-corrected chi connectivity index (χ0v) is 13.2. The molecule has 1 N–H and O–H groups in total. The van der Waals surface area contributed by atoms with Gasteiger partial charge in [0.15, 0.2) is 0 Å². The number of halogens is 2. The molecule has 1 aromatic heterocycles. The molecule has 2 fully saturated rings. The van der Waals surface area contributed by atoms with Crippen molar-refractivity contribution in [3.8, 4) is 0 Å². The fourth-order valence-corrected chi connectivity index (χ4v) is 3.44. The SMILES string of the molecule is Cc1cnc([C@@H](NC(=O)N2CCOCC(F)(F)C2)C2CC2)s1. The molecular formula is C14H19F2N3O2S. The average Bonchev–Trinajstić information content (AvgIpc) is 3.22. The first-order valence-electron chi connectivity index (χ1n) is 7.38. The van der Waals surface area contributed by atoms with Crippen LogP contribution in [0.4, 0.5) is 13.6 Å². The van der Waals surface area contributed by atoms with Crippen LogP contribution in [0.1, 0.15) is 28.8 Å². The van der Waals surface area contributed by atoms with Crippen molar-refractivity contribution in [1.29, 1.82) is 0 Å². The smallest absolute Gasteiger partial charge is 0.318 e. The van der Waals surface area contributed by atoms with Gasteiger partial charge in [-0.25, -0.2) is 18.6 Å². The summed E-state index contributed by atoms with van der Waals surface area (Å²) in [4.78, 5) is 18.9. The summed E-state index contributed by atoms with van der Waals surface area (Å²) >= 11 is 1.54. The number of hydrogen-bond donors (Lipinski definition) is 1. The standard InChI is InChI=1S/C14H19F2N3O2S/c1-9-6-17-12(22-9)11(10-2-3-10)18-13(20)19-4-5-21-8-14(15,16)7-19/h6,10-11H,2-5,7-8H2,1H3,(H,18,20)/t11-/m0/s1. The Bertz CT molecular complexity index is 548. The van der Waals surface area contributed by atoms with Crippen molar-refractivity contribution in [1.82, 2.24) is 15.2 Å². The van der Waals surface area contributed by atoms with Gasteiger partial charge < -0.3 is 15.0 Å². The van der Waals surface area contributed by atoms with Gasteiger partial charge in [-0.1, -0.05) is 0 Å². The predicted octanol–water partition coefficient (Wildman–Crippen LogP) is 2.58. The number of carbonyl (C=O) groups excluding carboxylic acids is 1. The molecule has 22 heavy (non-hydrogen) atoms. The highest BCUT2D eigenvalue weighted by atomic mass is 32.1. The van der Waals surface area contributed by atoms with Crippen molar-refractivity contribution in [2.75, 3.05) is 26.3 Å². The van der Waals surface area contributed by atoms with Crippen molar-refractivity contribution in [3.05, 3.63) is 16.1 Å². The number of alkyl halides is 2. The minimum absolute atomic E-state index is 0.132. The second-order valence-electron chi connectivity index (χ2n) is 5.90. The summed E-state index contributed by atoms with van der Waals surface area (Å²) in [7, 11) is 0. The summed E-state index contributed by atoms with van der Waals surface area (Å²) < 4.78 is 32.0. The summed E-state index contributed by atoms with van der Waals surface area (Å²) in [6.45, 7) is 1.03. The third-order valence-corrected chi connectivity index (χ3v) is 4.80. The number of aromatic nitrogens is 1. The van der Waals surface area contributed by atoms with Gasteiger partial charge in [-0.05, 0) is 25.7 Å². The van der Waals surface area contributed by atoms with Gasteiger partial charge in [0.1, 0.15) is 11.6 Å². The lowest BCUT2D eigenvalue weighted by Crippen LogP contribution is -2.47.